The Morgan fingerprint density at radius 3 is 2.68 bits per heavy atom. The first-order valence-electron chi connectivity index (χ1n) is 6.21. The van der Waals surface area contributed by atoms with Crippen molar-refractivity contribution < 1.29 is 14.7 Å². The number of carbonyl (C=O) groups excluding carboxylic acids is 2. The second-order valence-corrected chi connectivity index (χ2v) is 5.93. The van der Waals surface area contributed by atoms with E-state index in [0.717, 1.165) is 11.1 Å². The quantitative estimate of drug-likeness (QED) is 0.852. The number of rotatable bonds is 4. The molecule has 1 fully saturated rings. The first-order valence-corrected chi connectivity index (χ1v) is 7.26. The van der Waals surface area contributed by atoms with Gasteiger partial charge in [0.2, 0.25) is 11.8 Å². The zero-order chi connectivity index (χ0) is 14.0. The molecule has 19 heavy (non-hydrogen) atoms. The van der Waals surface area contributed by atoms with Crippen molar-refractivity contribution in [1.82, 2.24) is 0 Å². The molecule has 102 valence electrons. The third kappa shape index (κ3) is 2.82. The Labute approximate surface area is 116 Å². The number of thioether (sulfide) groups is 1. The molecule has 0 spiro atoms. The fraction of sp³-hybridized carbons (Fsp3) is 0.429. The monoisotopic (exact) mass is 279 g/mol. The molecule has 1 heterocycles. The van der Waals surface area contributed by atoms with E-state index in [-0.39, 0.29) is 30.1 Å². The van der Waals surface area contributed by atoms with Gasteiger partial charge in [-0.15, -0.1) is 11.8 Å². The molecule has 4 nitrogen and oxygen atoms in total. The smallest absolute Gasteiger partial charge is 0.247 e. The van der Waals surface area contributed by atoms with Crippen LogP contribution >= 0.6 is 11.8 Å². The number of aliphatic hydroxyl groups excluding tert-OH is 1. The molecule has 1 unspecified atom stereocenters. The average Bonchev–Trinajstić information content (AvgIpc) is 2.65. The maximum Gasteiger partial charge on any atom is 0.247 e. The van der Waals surface area contributed by atoms with E-state index in [2.05, 4.69) is 0 Å². The van der Waals surface area contributed by atoms with Gasteiger partial charge in [0.15, 0.2) is 0 Å². The van der Waals surface area contributed by atoms with Gasteiger partial charge < -0.3 is 5.11 Å². The normalized spacial score (nSPS) is 19.3. The summed E-state index contributed by atoms with van der Waals surface area (Å²) in [5.74, 6) is 0.139. The van der Waals surface area contributed by atoms with Gasteiger partial charge in [0, 0.05) is 12.2 Å². The van der Waals surface area contributed by atoms with Gasteiger partial charge >= 0.3 is 0 Å². The Bertz CT molecular complexity index is 515. The molecule has 0 aliphatic carbocycles. The molecular formula is C14H17NO3S. The molecule has 2 rings (SSSR count). The molecule has 1 atom stereocenters. The van der Waals surface area contributed by atoms with Crippen LogP contribution in [0.3, 0.4) is 0 Å². The van der Waals surface area contributed by atoms with E-state index in [9.17, 15) is 9.59 Å². The number of amides is 2. The Hall–Kier alpha value is -1.33. The fourth-order valence-corrected chi connectivity index (χ4v) is 2.96. The molecule has 0 bridgehead atoms. The van der Waals surface area contributed by atoms with Gasteiger partial charge in [0.1, 0.15) is 0 Å². The zero-order valence-corrected chi connectivity index (χ0v) is 11.9. The van der Waals surface area contributed by atoms with Crippen molar-refractivity contribution in [2.45, 2.75) is 25.5 Å². The molecule has 1 aliphatic rings. The summed E-state index contributed by atoms with van der Waals surface area (Å²) in [4.78, 5) is 25.5. The van der Waals surface area contributed by atoms with Gasteiger partial charge in [-0.05, 0) is 37.1 Å². The number of nitrogens with zero attached hydrogens (tertiary/aromatic N) is 1. The number of aryl methyl sites for hydroxylation is 2. The van der Waals surface area contributed by atoms with Gasteiger partial charge in [-0.3, -0.25) is 9.59 Å². The van der Waals surface area contributed by atoms with Crippen LogP contribution in [0.2, 0.25) is 0 Å². The topological polar surface area (TPSA) is 57.6 Å². The number of benzene rings is 1. The van der Waals surface area contributed by atoms with E-state index in [4.69, 9.17) is 5.11 Å². The van der Waals surface area contributed by atoms with Crippen LogP contribution in [0.1, 0.15) is 17.5 Å². The van der Waals surface area contributed by atoms with Crippen LogP contribution in [-0.4, -0.2) is 34.5 Å². The lowest BCUT2D eigenvalue weighted by Crippen LogP contribution is -2.31. The molecule has 0 radical (unpaired) electrons. The van der Waals surface area contributed by atoms with Gasteiger partial charge in [-0.25, -0.2) is 4.90 Å². The van der Waals surface area contributed by atoms with Crippen LogP contribution in [0, 0.1) is 13.8 Å². The zero-order valence-electron chi connectivity index (χ0n) is 11.0. The number of anilines is 1. The Morgan fingerprint density at radius 2 is 2.05 bits per heavy atom. The molecular weight excluding hydrogens is 262 g/mol. The number of imide groups is 1. The number of hydrogen-bond donors (Lipinski definition) is 1. The van der Waals surface area contributed by atoms with Crippen molar-refractivity contribution in [2.75, 3.05) is 17.3 Å². The SMILES string of the molecule is Cc1ccc(N2C(=O)CC(SCCO)C2=O)cc1C. The number of aliphatic hydroxyl groups is 1. The van der Waals surface area contributed by atoms with Crippen LogP contribution in [0.4, 0.5) is 5.69 Å². The average molecular weight is 279 g/mol. The molecule has 0 aromatic heterocycles. The molecule has 1 aromatic carbocycles. The van der Waals surface area contributed by atoms with Crippen molar-refractivity contribution >= 4 is 29.3 Å². The highest BCUT2D eigenvalue weighted by atomic mass is 32.2. The fourth-order valence-electron chi connectivity index (χ4n) is 2.07. The first-order chi connectivity index (χ1) is 9.04. The van der Waals surface area contributed by atoms with Gasteiger partial charge in [0.25, 0.3) is 0 Å². The molecule has 1 aromatic rings. The number of hydrogen-bond acceptors (Lipinski definition) is 4. The van der Waals surface area contributed by atoms with Crippen LogP contribution in [0.25, 0.3) is 0 Å². The molecule has 2 amide bonds. The molecule has 1 aliphatic heterocycles. The van der Waals surface area contributed by atoms with E-state index in [1.807, 2.05) is 26.0 Å². The minimum Gasteiger partial charge on any atom is -0.396 e. The highest BCUT2D eigenvalue weighted by Gasteiger charge is 2.39. The summed E-state index contributed by atoms with van der Waals surface area (Å²) >= 11 is 1.34. The summed E-state index contributed by atoms with van der Waals surface area (Å²) in [7, 11) is 0. The summed E-state index contributed by atoms with van der Waals surface area (Å²) in [6, 6.07) is 5.58. The summed E-state index contributed by atoms with van der Waals surface area (Å²) in [5.41, 5.74) is 2.84. The lowest BCUT2D eigenvalue weighted by molar-refractivity contribution is -0.121. The largest absolute Gasteiger partial charge is 0.396 e. The third-order valence-corrected chi connectivity index (χ3v) is 4.45. The summed E-state index contributed by atoms with van der Waals surface area (Å²) < 4.78 is 0. The van der Waals surface area contributed by atoms with Crippen LogP contribution in [-0.2, 0) is 9.59 Å². The Balaban J connectivity index is 2.22. The van der Waals surface area contributed by atoms with Gasteiger partial charge in [0.05, 0.1) is 17.5 Å². The van der Waals surface area contributed by atoms with Crippen molar-refractivity contribution in [3.63, 3.8) is 0 Å². The lowest BCUT2D eigenvalue weighted by atomic mass is 10.1. The molecule has 5 heteroatoms. The maximum absolute atomic E-state index is 12.2. The lowest BCUT2D eigenvalue weighted by Gasteiger charge is -2.16. The first kappa shape index (κ1) is 14.1. The molecule has 1 saturated heterocycles. The predicted molar refractivity (Wildman–Crippen MR) is 76.4 cm³/mol. The van der Waals surface area contributed by atoms with Crippen molar-refractivity contribution in [3.8, 4) is 0 Å². The van der Waals surface area contributed by atoms with E-state index in [1.165, 1.54) is 16.7 Å². The minimum atomic E-state index is -0.360. The predicted octanol–water partition coefficient (Wildman–Crippen LogP) is 1.66. The molecule has 0 saturated carbocycles. The van der Waals surface area contributed by atoms with E-state index >= 15 is 0 Å². The third-order valence-electron chi connectivity index (χ3n) is 3.26. The van der Waals surface area contributed by atoms with Gasteiger partial charge in [-0.2, -0.15) is 0 Å². The molecule has 1 N–H and O–H groups in total. The van der Waals surface area contributed by atoms with Crippen LogP contribution < -0.4 is 4.90 Å². The minimum absolute atomic E-state index is 0.0201. The second-order valence-electron chi connectivity index (χ2n) is 4.62. The Morgan fingerprint density at radius 1 is 1.32 bits per heavy atom. The second kappa shape index (κ2) is 5.75. The number of carbonyl (C=O) groups is 2. The van der Waals surface area contributed by atoms with Crippen molar-refractivity contribution in [3.05, 3.63) is 29.3 Å². The van der Waals surface area contributed by atoms with Crippen molar-refractivity contribution in [2.24, 2.45) is 0 Å². The van der Waals surface area contributed by atoms with Crippen LogP contribution in [0.15, 0.2) is 18.2 Å². The summed E-state index contributed by atoms with van der Waals surface area (Å²) in [6.45, 7) is 3.97. The Kier molecular flexibility index (Phi) is 4.27. The highest BCUT2D eigenvalue weighted by Crippen LogP contribution is 2.30. The van der Waals surface area contributed by atoms with E-state index < -0.39 is 0 Å². The standard InChI is InChI=1S/C14H17NO3S/c1-9-3-4-11(7-10(9)2)15-13(17)8-12(14(15)18)19-6-5-16/h3-4,7,12,16H,5-6,8H2,1-2H3. The van der Waals surface area contributed by atoms with Gasteiger partial charge in [-0.1, -0.05) is 6.07 Å². The van der Waals surface area contributed by atoms with E-state index in [0.29, 0.717) is 11.4 Å². The summed E-state index contributed by atoms with van der Waals surface area (Å²) in [5, 5.41) is 8.44. The maximum atomic E-state index is 12.2. The van der Waals surface area contributed by atoms with E-state index in [1.54, 1.807) is 6.07 Å². The van der Waals surface area contributed by atoms with Crippen LogP contribution in [0.5, 0.6) is 0 Å². The summed E-state index contributed by atoms with van der Waals surface area (Å²) in [6.07, 6.45) is 0.219. The van der Waals surface area contributed by atoms with Crippen molar-refractivity contribution in [1.29, 1.82) is 0 Å². The highest BCUT2D eigenvalue weighted by molar-refractivity contribution is 8.00.